The molecule has 0 N–H and O–H groups in total. The molecule has 0 amide bonds. The monoisotopic (exact) mass is 433 g/mol. The zero-order valence-corrected chi connectivity index (χ0v) is 18.0. The molecule has 0 aliphatic heterocycles. The van der Waals surface area contributed by atoms with Crippen molar-refractivity contribution in [2.45, 2.75) is 32.1 Å². The zero-order valence-electron chi connectivity index (χ0n) is 18.0. The van der Waals surface area contributed by atoms with Gasteiger partial charge in [0.25, 0.3) is 0 Å². The van der Waals surface area contributed by atoms with Crippen molar-refractivity contribution in [2.75, 3.05) is 7.11 Å². The third kappa shape index (κ3) is 5.02. The lowest BCUT2D eigenvalue weighted by atomic mass is 9.89. The van der Waals surface area contributed by atoms with Crippen molar-refractivity contribution in [3.63, 3.8) is 0 Å². The molecule has 0 bridgehead atoms. The van der Waals surface area contributed by atoms with E-state index in [1.54, 1.807) is 25.1 Å². The number of hydrogen-bond donors (Lipinski definition) is 0. The second-order valence-corrected chi connectivity index (χ2v) is 8.09. The Balaban J connectivity index is 1.49. The number of Topliss-reactive ketones (excluding diaryl/α,β-unsaturated/α-hetero) is 1. The van der Waals surface area contributed by atoms with Gasteiger partial charge in [0.05, 0.1) is 7.11 Å². The molecule has 1 saturated carbocycles. The number of carbonyl (C=O) groups excluding carboxylic acids is 2. The molecule has 5 nitrogen and oxygen atoms in total. The summed E-state index contributed by atoms with van der Waals surface area (Å²) in [6.45, 7) is 1.60. The third-order valence-corrected chi connectivity index (χ3v) is 5.65. The number of benzene rings is 2. The average molecular weight is 433 g/mol. The number of hydrogen-bond acceptors (Lipinski definition) is 5. The first kappa shape index (κ1) is 21.7. The predicted molar refractivity (Wildman–Crippen MR) is 118 cm³/mol. The van der Waals surface area contributed by atoms with Crippen LogP contribution in [0.15, 0.2) is 60.8 Å². The molecule has 0 saturated heterocycles. The number of pyridine rings is 1. The Morgan fingerprint density at radius 2 is 1.91 bits per heavy atom. The number of methoxy groups -OCH3 is 1. The fourth-order valence-electron chi connectivity index (χ4n) is 3.86. The Hall–Kier alpha value is -3.54. The number of aromatic nitrogens is 1. The Labute approximate surface area is 186 Å². The molecule has 3 aromatic rings. The number of ketones is 1. The Bertz CT molecular complexity index is 1140. The number of halogens is 1. The standard InChI is InChI=1S/C26H24FNO4/c1-16(29)12-22(17-6-7-17)18-4-3-5-21(13-18)32-26(30)25-11-8-19(15-28-25)23-14-20(31-2)9-10-24(23)27/h3-5,8-11,13-15,17,22H,6-7,12H2,1-2H3/t22-/m0/s1. The lowest BCUT2D eigenvalue weighted by molar-refractivity contribution is -0.117. The summed E-state index contributed by atoms with van der Waals surface area (Å²) in [5.41, 5.74) is 1.98. The first-order valence-corrected chi connectivity index (χ1v) is 10.6. The van der Waals surface area contributed by atoms with Crippen LogP contribution in [0, 0.1) is 11.7 Å². The second-order valence-electron chi connectivity index (χ2n) is 8.09. The van der Waals surface area contributed by atoms with Crippen LogP contribution in [0.3, 0.4) is 0 Å². The second kappa shape index (κ2) is 9.30. The van der Waals surface area contributed by atoms with Crippen molar-refractivity contribution >= 4 is 11.8 Å². The van der Waals surface area contributed by atoms with E-state index in [2.05, 4.69) is 4.98 Å². The molecule has 0 unspecified atom stereocenters. The van der Waals surface area contributed by atoms with Gasteiger partial charge in [0.1, 0.15) is 28.8 Å². The predicted octanol–water partition coefficient (Wildman–Crippen LogP) is 5.59. The Morgan fingerprint density at radius 3 is 2.56 bits per heavy atom. The summed E-state index contributed by atoms with van der Waals surface area (Å²) < 4.78 is 24.9. The lowest BCUT2D eigenvalue weighted by Gasteiger charge is -2.16. The van der Waals surface area contributed by atoms with Crippen LogP contribution >= 0.6 is 0 Å². The highest BCUT2D eigenvalue weighted by atomic mass is 19.1. The number of carbonyl (C=O) groups is 2. The molecule has 2 aromatic carbocycles. The van der Waals surface area contributed by atoms with Crippen molar-refractivity contribution in [2.24, 2.45) is 5.92 Å². The quantitative estimate of drug-likeness (QED) is 0.342. The molecular weight excluding hydrogens is 409 g/mol. The van der Waals surface area contributed by atoms with Crippen LogP contribution in [0.1, 0.15) is 48.2 Å². The van der Waals surface area contributed by atoms with Gasteiger partial charge in [0.15, 0.2) is 0 Å². The van der Waals surface area contributed by atoms with Crippen molar-refractivity contribution in [3.05, 3.63) is 77.9 Å². The van der Waals surface area contributed by atoms with Crippen LogP contribution in [-0.2, 0) is 4.79 Å². The van der Waals surface area contributed by atoms with E-state index < -0.39 is 11.8 Å². The van der Waals surface area contributed by atoms with E-state index in [0.717, 1.165) is 18.4 Å². The molecule has 1 heterocycles. The molecular formula is C26H24FNO4. The average Bonchev–Trinajstić information content (AvgIpc) is 3.63. The first-order chi connectivity index (χ1) is 15.4. The van der Waals surface area contributed by atoms with Gasteiger partial charge in [-0.3, -0.25) is 0 Å². The SMILES string of the molecule is COc1ccc(F)c(-c2ccc(C(=O)Oc3cccc([C@@H](CC(C)=O)C4CC4)c3)nc2)c1. The molecule has 1 aromatic heterocycles. The molecule has 164 valence electrons. The van der Waals surface area contributed by atoms with Crippen molar-refractivity contribution in [1.29, 1.82) is 0 Å². The van der Waals surface area contributed by atoms with Crippen LogP contribution in [-0.4, -0.2) is 23.8 Å². The summed E-state index contributed by atoms with van der Waals surface area (Å²) in [7, 11) is 1.51. The third-order valence-electron chi connectivity index (χ3n) is 5.65. The van der Waals surface area contributed by atoms with Gasteiger partial charge in [-0.1, -0.05) is 18.2 Å². The van der Waals surface area contributed by atoms with E-state index in [4.69, 9.17) is 9.47 Å². The smallest absolute Gasteiger partial charge is 0.362 e. The molecule has 0 spiro atoms. The highest BCUT2D eigenvalue weighted by molar-refractivity contribution is 5.89. The van der Waals surface area contributed by atoms with Crippen LogP contribution < -0.4 is 9.47 Å². The lowest BCUT2D eigenvalue weighted by Crippen LogP contribution is -2.11. The van der Waals surface area contributed by atoms with Gasteiger partial charge < -0.3 is 14.3 Å². The van der Waals surface area contributed by atoms with Gasteiger partial charge in [0, 0.05) is 23.7 Å². The molecule has 0 radical (unpaired) electrons. The zero-order chi connectivity index (χ0) is 22.7. The molecule has 1 aliphatic rings. The van der Waals surface area contributed by atoms with Gasteiger partial charge in [-0.05, 0) is 73.6 Å². The Morgan fingerprint density at radius 1 is 1.09 bits per heavy atom. The van der Waals surface area contributed by atoms with Gasteiger partial charge in [-0.2, -0.15) is 0 Å². The van der Waals surface area contributed by atoms with Crippen molar-refractivity contribution in [3.8, 4) is 22.6 Å². The largest absolute Gasteiger partial charge is 0.497 e. The van der Waals surface area contributed by atoms with Crippen LogP contribution in [0.5, 0.6) is 11.5 Å². The van der Waals surface area contributed by atoms with Crippen LogP contribution in [0.2, 0.25) is 0 Å². The van der Waals surface area contributed by atoms with Crippen LogP contribution in [0.4, 0.5) is 4.39 Å². The summed E-state index contributed by atoms with van der Waals surface area (Å²) >= 11 is 0. The fraction of sp³-hybridized carbons (Fsp3) is 0.269. The van der Waals surface area contributed by atoms with Gasteiger partial charge in [-0.25, -0.2) is 14.2 Å². The maximum atomic E-state index is 14.2. The van der Waals surface area contributed by atoms with Gasteiger partial charge in [0.2, 0.25) is 0 Å². The first-order valence-electron chi connectivity index (χ1n) is 10.6. The van der Waals surface area contributed by atoms with E-state index in [1.165, 1.54) is 31.5 Å². The van der Waals surface area contributed by atoms with Gasteiger partial charge in [-0.15, -0.1) is 0 Å². The molecule has 1 fully saturated rings. The van der Waals surface area contributed by atoms with E-state index in [9.17, 15) is 14.0 Å². The minimum atomic E-state index is -0.602. The summed E-state index contributed by atoms with van der Waals surface area (Å²) in [5, 5.41) is 0. The van der Waals surface area contributed by atoms with E-state index in [1.807, 2.05) is 18.2 Å². The molecule has 1 aliphatic carbocycles. The normalized spacial score (nSPS) is 14.0. The van der Waals surface area contributed by atoms with E-state index in [0.29, 0.717) is 35.0 Å². The van der Waals surface area contributed by atoms with E-state index in [-0.39, 0.29) is 17.4 Å². The molecule has 4 rings (SSSR count). The number of nitrogens with zero attached hydrogens (tertiary/aromatic N) is 1. The highest BCUT2D eigenvalue weighted by Crippen LogP contribution is 2.45. The van der Waals surface area contributed by atoms with Crippen molar-refractivity contribution < 1.29 is 23.5 Å². The molecule has 6 heteroatoms. The number of rotatable bonds is 8. The summed E-state index contributed by atoms with van der Waals surface area (Å²) in [6, 6.07) is 14.9. The highest BCUT2D eigenvalue weighted by Gasteiger charge is 2.33. The number of esters is 1. The fourth-order valence-corrected chi connectivity index (χ4v) is 3.86. The van der Waals surface area contributed by atoms with Crippen molar-refractivity contribution in [1.82, 2.24) is 4.98 Å². The minimum Gasteiger partial charge on any atom is -0.497 e. The molecule has 32 heavy (non-hydrogen) atoms. The van der Waals surface area contributed by atoms with Gasteiger partial charge >= 0.3 is 5.97 Å². The summed E-state index contributed by atoms with van der Waals surface area (Å²) in [5.74, 6) is 0.744. The van der Waals surface area contributed by atoms with E-state index >= 15 is 0 Å². The van der Waals surface area contributed by atoms with Crippen LogP contribution in [0.25, 0.3) is 11.1 Å². The summed E-state index contributed by atoms with van der Waals surface area (Å²) in [4.78, 5) is 28.4. The molecule has 1 atom stereocenters. The Kier molecular flexibility index (Phi) is 6.30. The topological polar surface area (TPSA) is 65.5 Å². The minimum absolute atomic E-state index is 0.116. The maximum absolute atomic E-state index is 14.2. The number of ether oxygens (including phenoxy) is 2. The summed E-state index contributed by atoms with van der Waals surface area (Å²) in [6.07, 6.45) is 4.16. The maximum Gasteiger partial charge on any atom is 0.362 e.